The number of nitrogens with zero attached hydrogens (tertiary/aromatic N) is 1. The van der Waals surface area contributed by atoms with Crippen LogP contribution in [0.3, 0.4) is 0 Å². The molecular weight excluding hydrogens is 238 g/mol. The van der Waals surface area contributed by atoms with Gasteiger partial charge in [0.15, 0.2) is 0 Å². The molecule has 0 fully saturated rings. The molecule has 0 atom stereocenters. The Morgan fingerprint density at radius 3 is 2.68 bits per heavy atom. The number of ether oxygens (including phenoxy) is 1. The number of rotatable bonds is 5. The van der Waals surface area contributed by atoms with E-state index in [1.807, 2.05) is 33.0 Å². The molecule has 0 spiro atoms. The fraction of sp³-hybridized carbons (Fsp3) is 0.400. The van der Waals surface area contributed by atoms with Crippen LogP contribution in [-0.2, 0) is 6.54 Å². The number of aromatic nitrogens is 2. The minimum atomic E-state index is 0.201. The first-order valence-electron chi connectivity index (χ1n) is 6.56. The highest BCUT2D eigenvalue weighted by Crippen LogP contribution is 2.22. The number of nitrogens with one attached hydrogen (secondary N) is 2. The van der Waals surface area contributed by atoms with Crippen molar-refractivity contribution in [2.75, 3.05) is 5.32 Å². The summed E-state index contributed by atoms with van der Waals surface area (Å²) in [4.78, 5) is 0. The third-order valence-electron chi connectivity index (χ3n) is 2.97. The van der Waals surface area contributed by atoms with Gasteiger partial charge in [-0.2, -0.15) is 5.10 Å². The van der Waals surface area contributed by atoms with E-state index in [2.05, 4.69) is 34.6 Å². The lowest BCUT2D eigenvalue weighted by Gasteiger charge is -2.13. The van der Waals surface area contributed by atoms with E-state index in [1.54, 1.807) is 0 Å². The largest absolute Gasteiger partial charge is 0.491 e. The zero-order chi connectivity index (χ0) is 13.8. The van der Waals surface area contributed by atoms with Crippen LogP contribution in [-0.4, -0.2) is 16.3 Å². The summed E-state index contributed by atoms with van der Waals surface area (Å²) in [5.74, 6) is 0.914. The lowest BCUT2D eigenvalue weighted by Crippen LogP contribution is -2.06. The van der Waals surface area contributed by atoms with Gasteiger partial charge < -0.3 is 10.1 Å². The van der Waals surface area contributed by atoms with Crippen LogP contribution in [0.25, 0.3) is 0 Å². The molecule has 2 aromatic rings. The average Bonchev–Trinajstić information content (AvgIpc) is 2.73. The van der Waals surface area contributed by atoms with E-state index in [0.717, 1.165) is 23.7 Å². The fourth-order valence-corrected chi connectivity index (χ4v) is 1.92. The van der Waals surface area contributed by atoms with Crippen LogP contribution in [0.15, 0.2) is 24.4 Å². The van der Waals surface area contributed by atoms with Crippen molar-refractivity contribution in [3.8, 4) is 5.75 Å². The molecule has 4 nitrogen and oxygen atoms in total. The van der Waals surface area contributed by atoms with Gasteiger partial charge >= 0.3 is 0 Å². The van der Waals surface area contributed by atoms with Crippen LogP contribution in [0.2, 0.25) is 0 Å². The molecule has 0 radical (unpaired) electrons. The molecule has 0 unspecified atom stereocenters. The Hall–Kier alpha value is -1.97. The highest BCUT2D eigenvalue weighted by atomic mass is 16.5. The Balaban J connectivity index is 2.03. The van der Waals surface area contributed by atoms with Crippen molar-refractivity contribution in [3.63, 3.8) is 0 Å². The summed E-state index contributed by atoms with van der Waals surface area (Å²) in [6.07, 6.45) is 2.06. The molecule has 19 heavy (non-hydrogen) atoms. The van der Waals surface area contributed by atoms with Gasteiger partial charge in [0.25, 0.3) is 0 Å². The molecular formula is C15H21N3O. The maximum absolute atomic E-state index is 5.68. The minimum absolute atomic E-state index is 0.201. The maximum atomic E-state index is 5.68. The predicted molar refractivity (Wildman–Crippen MR) is 77.6 cm³/mol. The summed E-state index contributed by atoms with van der Waals surface area (Å²) in [6.45, 7) is 8.94. The summed E-state index contributed by atoms with van der Waals surface area (Å²) in [7, 11) is 0. The summed E-state index contributed by atoms with van der Waals surface area (Å²) in [5.41, 5.74) is 4.59. The monoisotopic (exact) mass is 259 g/mol. The van der Waals surface area contributed by atoms with Crippen molar-refractivity contribution in [1.82, 2.24) is 10.2 Å². The van der Waals surface area contributed by atoms with Crippen molar-refractivity contribution >= 4 is 5.69 Å². The smallest absolute Gasteiger partial charge is 0.120 e. The highest BCUT2D eigenvalue weighted by molar-refractivity contribution is 5.53. The van der Waals surface area contributed by atoms with Gasteiger partial charge in [0.2, 0.25) is 0 Å². The second-order valence-corrected chi connectivity index (χ2v) is 5.02. The van der Waals surface area contributed by atoms with E-state index in [1.165, 1.54) is 11.1 Å². The standard InChI is InChI=1S/C15H21N3O/c1-10(2)19-14-5-6-15(11(3)7-14)16-8-13-9-17-18-12(13)4/h5-7,9-10,16H,8H2,1-4H3,(H,17,18). The van der Waals surface area contributed by atoms with Crippen LogP contribution < -0.4 is 10.1 Å². The fourth-order valence-electron chi connectivity index (χ4n) is 1.92. The topological polar surface area (TPSA) is 49.9 Å². The van der Waals surface area contributed by atoms with E-state index in [-0.39, 0.29) is 6.10 Å². The second kappa shape index (κ2) is 5.78. The molecule has 1 aromatic carbocycles. The quantitative estimate of drug-likeness (QED) is 0.865. The summed E-state index contributed by atoms with van der Waals surface area (Å²) in [6, 6.07) is 6.12. The lowest BCUT2D eigenvalue weighted by molar-refractivity contribution is 0.242. The van der Waals surface area contributed by atoms with Crippen LogP contribution in [0.5, 0.6) is 5.75 Å². The SMILES string of the molecule is Cc1cc(OC(C)C)ccc1NCc1cn[nH]c1C. The number of H-pyrrole nitrogens is 1. The Morgan fingerprint density at radius 1 is 1.32 bits per heavy atom. The number of anilines is 1. The summed E-state index contributed by atoms with van der Waals surface area (Å²) >= 11 is 0. The maximum Gasteiger partial charge on any atom is 0.120 e. The molecule has 0 aliphatic heterocycles. The lowest BCUT2D eigenvalue weighted by atomic mass is 10.1. The summed E-state index contributed by atoms with van der Waals surface area (Å²) < 4.78 is 5.68. The van der Waals surface area contributed by atoms with Gasteiger partial charge in [-0.05, 0) is 51.5 Å². The number of benzene rings is 1. The van der Waals surface area contributed by atoms with E-state index < -0.39 is 0 Å². The number of aryl methyl sites for hydroxylation is 2. The van der Waals surface area contributed by atoms with Crippen LogP contribution in [0.4, 0.5) is 5.69 Å². The van der Waals surface area contributed by atoms with E-state index >= 15 is 0 Å². The Morgan fingerprint density at radius 2 is 2.11 bits per heavy atom. The normalized spacial score (nSPS) is 10.8. The van der Waals surface area contributed by atoms with Crippen molar-refractivity contribution in [2.45, 2.75) is 40.3 Å². The van der Waals surface area contributed by atoms with E-state index in [0.29, 0.717) is 0 Å². The zero-order valence-corrected chi connectivity index (χ0v) is 11.9. The van der Waals surface area contributed by atoms with Gasteiger partial charge in [-0.1, -0.05) is 0 Å². The van der Waals surface area contributed by atoms with Gasteiger partial charge in [-0.3, -0.25) is 5.10 Å². The van der Waals surface area contributed by atoms with Gasteiger partial charge in [0.1, 0.15) is 5.75 Å². The molecule has 2 rings (SSSR count). The molecule has 2 N–H and O–H groups in total. The molecule has 1 heterocycles. The van der Waals surface area contributed by atoms with Gasteiger partial charge in [-0.15, -0.1) is 0 Å². The number of aromatic amines is 1. The van der Waals surface area contributed by atoms with E-state index in [9.17, 15) is 0 Å². The first-order chi connectivity index (χ1) is 9.06. The molecule has 1 aromatic heterocycles. The van der Waals surface area contributed by atoms with Crippen molar-refractivity contribution in [1.29, 1.82) is 0 Å². The predicted octanol–water partition coefficient (Wildman–Crippen LogP) is 3.43. The van der Waals surface area contributed by atoms with Crippen molar-refractivity contribution < 1.29 is 4.74 Å². The molecule has 4 heteroatoms. The van der Waals surface area contributed by atoms with Gasteiger partial charge in [0.05, 0.1) is 12.3 Å². The molecule has 0 aliphatic carbocycles. The zero-order valence-electron chi connectivity index (χ0n) is 11.9. The van der Waals surface area contributed by atoms with Crippen LogP contribution in [0, 0.1) is 13.8 Å². The first-order valence-corrected chi connectivity index (χ1v) is 6.56. The molecule has 0 saturated carbocycles. The molecule has 0 aliphatic rings. The van der Waals surface area contributed by atoms with Gasteiger partial charge in [-0.25, -0.2) is 0 Å². The van der Waals surface area contributed by atoms with Crippen molar-refractivity contribution in [2.24, 2.45) is 0 Å². The number of hydrogen-bond donors (Lipinski definition) is 2. The third-order valence-corrected chi connectivity index (χ3v) is 2.97. The molecule has 0 amide bonds. The average molecular weight is 259 g/mol. The minimum Gasteiger partial charge on any atom is -0.491 e. The summed E-state index contributed by atoms with van der Waals surface area (Å²) in [5, 5.41) is 10.4. The van der Waals surface area contributed by atoms with Crippen LogP contribution >= 0.6 is 0 Å². The Bertz CT molecular complexity index is 546. The second-order valence-electron chi connectivity index (χ2n) is 5.02. The Labute approximate surface area is 114 Å². The van der Waals surface area contributed by atoms with Gasteiger partial charge in [0, 0.05) is 23.5 Å². The Kier molecular flexibility index (Phi) is 4.10. The first kappa shape index (κ1) is 13.5. The molecule has 102 valence electrons. The molecule has 0 bridgehead atoms. The van der Waals surface area contributed by atoms with Crippen LogP contribution in [0.1, 0.15) is 30.7 Å². The third kappa shape index (κ3) is 3.50. The van der Waals surface area contributed by atoms with Crippen molar-refractivity contribution in [3.05, 3.63) is 41.2 Å². The number of hydrogen-bond acceptors (Lipinski definition) is 3. The molecule has 0 saturated heterocycles. The van der Waals surface area contributed by atoms with E-state index in [4.69, 9.17) is 4.74 Å². The highest BCUT2D eigenvalue weighted by Gasteiger charge is 2.04.